The molecule has 0 saturated carbocycles. The zero-order valence-corrected chi connectivity index (χ0v) is 10.1. The van der Waals surface area contributed by atoms with E-state index in [2.05, 4.69) is 22.0 Å². The molecule has 0 aromatic carbocycles. The summed E-state index contributed by atoms with van der Waals surface area (Å²) < 4.78 is 5.33. The predicted octanol–water partition coefficient (Wildman–Crippen LogP) is 1.71. The lowest BCUT2D eigenvalue weighted by Gasteiger charge is -2.30. The molecule has 1 spiro atoms. The Labute approximate surface area is 101 Å². The number of azide groups is 1. The van der Waals surface area contributed by atoms with Gasteiger partial charge in [-0.1, -0.05) is 5.11 Å². The van der Waals surface area contributed by atoms with Crippen LogP contribution in [0.3, 0.4) is 0 Å². The van der Waals surface area contributed by atoms with Gasteiger partial charge < -0.3 is 9.64 Å². The molecule has 0 radical (unpaired) electrons. The van der Waals surface area contributed by atoms with Crippen molar-refractivity contribution in [3.05, 3.63) is 10.4 Å². The van der Waals surface area contributed by atoms with E-state index in [1.54, 1.807) is 0 Å². The van der Waals surface area contributed by atoms with E-state index in [1.165, 1.54) is 0 Å². The molecule has 0 aliphatic carbocycles. The Kier molecular flexibility index (Phi) is 3.54. The standard InChI is InChI=1S/C11H18N4O2/c1-15-5-2-3-11(4-6-15)7-10(16)17-9(11)8-13-14-12/h9H,2-8H2,1H3. The maximum Gasteiger partial charge on any atom is 0.306 e. The monoisotopic (exact) mass is 238 g/mol. The molecule has 2 saturated heterocycles. The smallest absolute Gasteiger partial charge is 0.306 e. The van der Waals surface area contributed by atoms with Crippen molar-refractivity contribution >= 4 is 5.97 Å². The normalized spacial score (nSPS) is 34.2. The Morgan fingerprint density at radius 2 is 2.41 bits per heavy atom. The van der Waals surface area contributed by atoms with Crippen molar-refractivity contribution in [1.29, 1.82) is 0 Å². The molecule has 0 aromatic heterocycles. The van der Waals surface area contributed by atoms with Crippen LogP contribution in [0.2, 0.25) is 0 Å². The summed E-state index contributed by atoms with van der Waals surface area (Å²) in [6.07, 6.45) is 3.25. The van der Waals surface area contributed by atoms with Gasteiger partial charge in [0, 0.05) is 10.3 Å². The predicted molar refractivity (Wildman–Crippen MR) is 62.3 cm³/mol. The summed E-state index contributed by atoms with van der Waals surface area (Å²) >= 11 is 0. The molecule has 17 heavy (non-hydrogen) atoms. The lowest BCUT2D eigenvalue weighted by molar-refractivity contribution is -0.141. The highest BCUT2D eigenvalue weighted by atomic mass is 16.6. The third kappa shape index (κ3) is 2.53. The minimum atomic E-state index is -0.225. The van der Waals surface area contributed by atoms with Crippen molar-refractivity contribution in [3.63, 3.8) is 0 Å². The van der Waals surface area contributed by atoms with Crippen LogP contribution in [0, 0.1) is 5.41 Å². The molecule has 2 aliphatic heterocycles. The van der Waals surface area contributed by atoms with Gasteiger partial charge in [-0.3, -0.25) is 4.79 Å². The third-order valence-electron chi connectivity index (χ3n) is 3.97. The number of hydrogen-bond donors (Lipinski definition) is 0. The van der Waals surface area contributed by atoms with Crippen LogP contribution in [0.25, 0.3) is 10.4 Å². The quantitative estimate of drug-likeness (QED) is 0.318. The van der Waals surface area contributed by atoms with Crippen molar-refractivity contribution in [1.82, 2.24) is 4.90 Å². The molecule has 2 unspecified atom stereocenters. The van der Waals surface area contributed by atoms with Crippen molar-refractivity contribution in [3.8, 4) is 0 Å². The van der Waals surface area contributed by atoms with Crippen LogP contribution in [-0.2, 0) is 9.53 Å². The molecule has 0 bridgehead atoms. The van der Waals surface area contributed by atoms with Crippen LogP contribution in [0.5, 0.6) is 0 Å². The van der Waals surface area contributed by atoms with Gasteiger partial charge in [-0.25, -0.2) is 0 Å². The molecular weight excluding hydrogens is 220 g/mol. The van der Waals surface area contributed by atoms with Gasteiger partial charge in [-0.15, -0.1) is 0 Å². The summed E-state index contributed by atoms with van der Waals surface area (Å²) in [5.74, 6) is -0.146. The second-order valence-electron chi connectivity index (χ2n) is 5.09. The number of carbonyl (C=O) groups is 1. The van der Waals surface area contributed by atoms with Gasteiger partial charge in [0.15, 0.2) is 0 Å². The first-order valence-electron chi connectivity index (χ1n) is 6.05. The Morgan fingerprint density at radius 3 is 3.18 bits per heavy atom. The lowest BCUT2D eigenvalue weighted by Crippen LogP contribution is -2.34. The maximum atomic E-state index is 11.5. The van der Waals surface area contributed by atoms with Gasteiger partial charge >= 0.3 is 5.97 Å². The summed E-state index contributed by atoms with van der Waals surface area (Å²) in [4.78, 5) is 16.6. The SMILES string of the molecule is CN1CCCC2(CC1)CC(=O)OC2CN=[N+]=[N-]. The maximum absolute atomic E-state index is 11.5. The first kappa shape index (κ1) is 12.2. The van der Waals surface area contributed by atoms with E-state index in [-0.39, 0.29) is 24.0 Å². The fourth-order valence-electron chi connectivity index (χ4n) is 2.92. The third-order valence-corrected chi connectivity index (χ3v) is 3.97. The number of hydrogen-bond acceptors (Lipinski definition) is 4. The first-order valence-corrected chi connectivity index (χ1v) is 6.05. The second-order valence-corrected chi connectivity index (χ2v) is 5.09. The van der Waals surface area contributed by atoms with Crippen LogP contribution in [0.1, 0.15) is 25.7 Å². The first-order chi connectivity index (χ1) is 8.16. The fraction of sp³-hybridized carbons (Fsp3) is 0.909. The van der Waals surface area contributed by atoms with Crippen molar-refractivity contribution in [2.75, 3.05) is 26.7 Å². The van der Waals surface area contributed by atoms with Gasteiger partial charge in [0.2, 0.25) is 0 Å². The highest BCUT2D eigenvalue weighted by Gasteiger charge is 2.48. The summed E-state index contributed by atoms with van der Waals surface area (Å²) in [6.45, 7) is 2.31. The van der Waals surface area contributed by atoms with E-state index < -0.39 is 0 Å². The zero-order valence-electron chi connectivity index (χ0n) is 10.1. The van der Waals surface area contributed by atoms with Gasteiger partial charge in [0.05, 0.1) is 13.0 Å². The molecule has 0 N–H and O–H groups in total. The molecule has 6 nitrogen and oxygen atoms in total. The minimum absolute atomic E-state index is 0.101. The summed E-state index contributed by atoms with van der Waals surface area (Å²) in [5.41, 5.74) is 8.29. The van der Waals surface area contributed by atoms with Crippen molar-refractivity contribution in [2.45, 2.75) is 31.8 Å². The molecule has 2 aliphatic rings. The molecule has 94 valence electrons. The van der Waals surface area contributed by atoms with Crippen LogP contribution in [-0.4, -0.2) is 43.7 Å². The van der Waals surface area contributed by atoms with E-state index in [4.69, 9.17) is 10.3 Å². The average molecular weight is 238 g/mol. The van der Waals surface area contributed by atoms with E-state index >= 15 is 0 Å². The van der Waals surface area contributed by atoms with Crippen molar-refractivity contribution in [2.24, 2.45) is 10.5 Å². The van der Waals surface area contributed by atoms with Crippen LogP contribution >= 0.6 is 0 Å². The lowest BCUT2D eigenvalue weighted by atomic mass is 9.74. The average Bonchev–Trinajstić information content (AvgIpc) is 2.47. The number of esters is 1. The van der Waals surface area contributed by atoms with Crippen LogP contribution in [0.15, 0.2) is 5.11 Å². The number of nitrogens with zero attached hydrogens (tertiary/aromatic N) is 4. The molecule has 0 aromatic rings. The molecular formula is C11H18N4O2. The number of cyclic esters (lactones) is 1. The van der Waals surface area contributed by atoms with E-state index in [0.717, 1.165) is 32.4 Å². The largest absolute Gasteiger partial charge is 0.462 e. The number of ether oxygens (including phenoxy) is 1. The Hall–Kier alpha value is -1.26. The Morgan fingerprint density at radius 1 is 1.59 bits per heavy atom. The van der Waals surface area contributed by atoms with Crippen molar-refractivity contribution < 1.29 is 9.53 Å². The Balaban J connectivity index is 2.13. The molecule has 2 heterocycles. The van der Waals surface area contributed by atoms with E-state index in [9.17, 15) is 4.79 Å². The highest BCUT2D eigenvalue weighted by molar-refractivity contribution is 5.73. The number of carbonyl (C=O) groups excluding carboxylic acids is 1. The Bertz CT molecular complexity index is 353. The van der Waals surface area contributed by atoms with Crippen LogP contribution in [0.4, 0.5) is 0 Å². The molecule has 2 fully saturated rings. The van der Waals surface area contributed by atoms with Gasteiger partial charge in [-0.2, -0.15) is 0 Å². The minimum Gasteiger partial charge on any atom is -0.462 e. The van der Waals surface area contributed by atoms with E-state index in [1.807, 2.05) is 0 Å². The summed E-state index contributed by atoms with van der Waals surface area (Å²) in [5, 5.41) is 3.58. The summed E-state index contributed by atoms with van der Waals surface area (Å²) in [7, 11) is 2.10. The fourth-order valence-corrected chi connectivity index (χ4v) is 2.92. The van der Waals surface area contributed by atoms with Crippen LogP contribution < -0.4 is 0 Å². The van der Waals surface area contributed by atoms with Gasteiger partial charge in [-0.05, 0) is 44.9 Å². The second kappa shape index (κ2) is 4.94. The highest BCUT2D eigenvalue weighted by Crippen LogP contribution is 2.44. The molecule has 0 amide bonds. The number of rotatable bonds is 2. The number of likely N-dealkylation sites (tertiary alicyclic amines) is 1. The molecule has 2 rings (SSSR count). The topological polar surface area (TPSA) is 78.3 Å². The summed E-state index contributed by atoms with van der Waals surface area (Å²) in [6, 6.07) is 0. The molecule has 2 atom stereocenters. The van der Waals surface area contributed by atoms with Gasteiger partial charge in [0.1, 0.15) is 6.10 Å². The van der Waals surface area contributed by atoms with E-state index in [0.29, 0.717) is 6.42 Å². The molecule has 6 heteroatoms. The van der Waals surface area contributed by atoms with Gasteiger partial charge in [0.25, 0.3) is 0 Å². The zero-order chi connectivity index (χ0) is 12.3.